The normalized spacial score (nSPS) is 19.2. The third kappa shape index (κ3) is 2.01. The molecule has 104 valence electrons. The number of carboxylic acids is 1. The highest BCUT2D eigenvalue weighted by Gasteiger charge is 2.33. The van der Waals surface area contributed by atoms with Crippen LogP contribution in [0.2, 0.25) is 0 Å². The van der Waals surface area contributed by atoms with E-state index in [4.69, 9.17) is 0 Å². The molecule has 3 rings (SSSR count). The van der Waals surface area contributed by atoms with Gasteiger partial charge in [-0.25, -0.2) is 14.3 Å². The van der Waals surface area contributed by atoms with Gasteiger partial charge in [0.25, 0.3) is 5.91 Å². The van der Waals surface area contributed by atoms with Gasteiger partial charge in [0.2, 0.25) is 0 Å². The molecule has 7 nitrogen and oxygen atoms in total. The number of amides is 1. The largest absolute Gasteiger partial charge is 0.480 e. The summed E-state index contributed by atoms with van der Waals surface area (Å²) in [4.78, 5) is 29.4. The van der Waals surface area contributed by atoms with E-state index in [-0.39, 0.29) is 5.91 Å². The maximum atomic E-state index is 12.6. The Morgan fingerprint density at radius 3 is 3.00 bits per heavy atom. The molecule has 1 fully saturated rings. The van der Waals surface area contributed by atoms with Gasteiger partial charge in [0, 0.05) is 18.9 Å². The first kappa shape index (κ1) is 12.6. The summed E-state index contributed by atoms with van der Waals surface area (Å²) >= 11 is 0. The number of hydrogen-bond acceptors (Lipinski definition) is 4. The van der Waals surface area contributed by atoms with Crippen molar-refractivity contribution in [2.24, 2.45) is 0 Å². The second-order valence-corrected chi connectivity index (χ2v) is 4.79. The molecule has 1 amide bonds. The van der Waals surface area contributed by atoms with E-state index >= 15 is 0 Å². The second kappa shape index (κ2) is 4.92. The first-order chi connectivity index (χ1) is 9.68. The lowest BCUT2D eigenvalue weighted by molar-refractivity contribution is -0.143. The van der Waals surface area contributed by atoms with Crippen molar-refractivity contribution in [2.75, 3.05) is 6.54 Å². The van der Waals surface area contributed by atoms with Crippen molar-refractivity contribution in [2.45, 2.75) is 25.3 Å². The first-order valence-corrected chi connectivity index (χ1v) is 6.50. The monoisotopic (exact) mass is 274 g/mol. The smallest absolute Gasteiger partial charge is 0.326 e. The molecule has 0 aliphatic carbocycles. The van der Waals surface area contributed by atoms with Crippen molar-refractivity contribution in [3.8, 4) is 0 Å². The number of hydrogen-bond donors (Lipinski definition) is 1. The molecule has 7 heteroatoms. The average Bonchev–Trinajstić information content (AvgIpc) is 2.90. The molecule has 1 aliphatic rings. The van der Waals surface area contributed by atoms with Crippen molar-refractivity contribution in [1.29, 1.82) is 0 Å². The summed E-state index contributed by atoms with van der Waals surface area (Å²) in [7, 11) is 0. The van der Waals surface area contributed by atoms with E-state index < -0.39 is 12.0 Å². The third-order valence-corrected chi connectivity index (χ3v) is 3.56. The summed E-state index contributed by atoms with van der Waals surface area (Å²) in [5.74, 6) is -1.27. The van der Waals surface area contributed by atoms with Crippen LogP contribution in [0.4, 0.5) is 0 Å². The Balaban J connectivity index is 1.96. The fourth-order valence-electron chi connectivity index (χ4n) is 2.56. The summed E-state index contributed by atoms with van der Waals surface area (Å²) in [5.41, 5.74) is 0.797. The highest BCUT2D eigenvalue weighted by Crippen LogP contribution is 2.21. The highest BCUT2D eigenvalue weighted by atomic mass is 16.4. The van der Waals surface area contributed by atoms with Gasteiger partial charge in [-0.15, -0.1) is 0 Å². The topological polar surface area (TPSA) is 87.8 Å². The van der Waals surface area contributed by atoms with E-state index in [1.54, 1.807) is 18.5 Å². The summed E-state index contributed by atoms with van der Waals surface area (Å²) in [6.45, 7) is 0.458. The number of aliphatic carboxylic acids is 1. The van der Waals surface area contributed by atoms with E-state index in [1.165, 1.54) is 15.6 Å². The predicted molar refractivity (Wildman–Crippen MR) is 69.3 cm³/mol. The molecule has 20 heavy (non-hydrogen) atoms. The fraction of sp³-hybridized carbons (Fsp3) is 0.385. The summed E-state index contributed by atoms with van der Waals surface area (Å²) < 4.78 is 1.51. The zero-order chi connectivity index (χ0) is 14.1. The van der Waals surface area contributed by atoms with Crippen LogP contribution in [-0.4, -0.2) is 49.1 Å². The molecular weight excluding hydrogens is 260 g/mol. The molecular formula is C13H14N4O3. The Morgan fingerprint density at radius 2 is 2.20 bits per heavy atom. The van der Waals surface area contributed by atoms with Crippen LogP contribution in [0.5, 0.6) is 0 Å². The van der Waals surface area contributed by atoms with Gasteiger partial charge >= 0.3 is 5.97 Å². The van der Waals surface area contributed by atoms with E-state index in [0.717, 1.165) is 12.8 Å². The van der Waals surface area contributed by atoms with Crippen LogP contribution in [0.25, 0.3) is 5.65 Å². The highest BCUT2D eigenvalue weighted by molar-refractivity contribution is 6.01. The summed E-state index contributed by atoms with van der Waals surface area (Å²) in [6, 6.07) is 0.963. The van der Waals surface area contributed by atoms with Crippen molar-refractivity contribution < 1.29 is 14.7 Å². The van der Waals surface area contributed by atoms with Gasteiger partial charge < -0.3 is 10.0 Å². The lowest BCUT2D eigenvalue weighted by atomic mass is 10.0. The molecule has 1 atom stereocenters. The maximum Gasteiger partial charge on any atom is 0.326 e. The lowest BCUT2D eigenvalue weighted by Crippen LogP contribution is -2.48. The average molecular weight is 274 g/mol. The Labute approximate surface area is 114 Å². The molecule has 2 aromatic heterocycles. The van der Waals surface area contributed by atoms with Gasteiger partial charge in [-0.2, -0.15) is 5.10 Å². The van der Waals surface area contributed by atoms with Crippen LogP contribution in [0.1, 0.15) is 29.6 Å². The number of carbonyl (C=O) groups excluding carboxylic acids is 1. The molecule has 3 heterocycles. The van der Waals surface area contributed by atoms with Crippen LogP contribution in [0, 0.1) is 0 Å². The number of fused-ring (bicyclic) bond motifs is 1. The minimum Gasteiger partial charge on any atom is -0.480 e. The molecule has 0 saturated carbocycles. The van der Waals surface area contributed by atoms with Gasteiger partial charge in [-0.05, 0) is 25.3 Å². The minimum atomic E-state index is -0.956. The number of piperidine rings is 1. The number of aromatic nitrogens is 3. The zero-order valence-corrected chi connectivity index (χ0v) is 10.8. The Kier molecular flexibility index (Phi) is 3.09. The molecule has 2 aromatic rings. The van der Waals surface area contributed by atoms with Gasteiger partial charge in [0.05, 0.1) is 6.20 Å². The number of carbonyl (C=O) groups is 2. The number of rotatable bonds is 2. The van der Waals surface area contributed by atoms with E-state index in [9.17, 15) is 14.7 Å². The summed E-state index contributed by atoms with van der Waals surface area (Å²) in [6.07, 6.45) is 6.87. The van der Waals surface area contributed by atoms with Crippen molar-refractivity contribution in [1.82, 2.24) is 19.5 Å². The molecule has 1 unspecified atom stereocenters. The van der Waals surface area contributed by atoms with Crippen LogP contribution in [0.3, 0.4) is 0 Å². The standard InChI is InChI=1S/C13H14N4O3/c18-12(16-6-2-1-4-10(16)13(19)20)9-8-15-17-7-3-5-14-11(9)17/h3,5,7-8,10H,1-2,4,6H2,(H,19,20). The minimum absolute atomic E-state index is 0.314. The van der Waals surface area contributed by atoms with Crippen LogP contribution in [0.15, 0.2) is 24.7 Å². The van der Waals surface area contributed by atoms with Crippen LogP contribution < -0.4 is 0 Å². The zero-order valence-electron chi connectivity index (χ0n) is 10.8. The van der Waals surface area contributed by atoms with E-state index in [2.05, 4.69) is 10.1 Å². The molecule has 0 radical (unpaired) electrons. The Morgan fingerprint density at radius 1 is 1.35 bits per heavy atom. The van der Waals surface area contributed by atoms with Crippen molar-refractivity contribution in [3.63, 3.8) is 0 Å². The fourth-order valence-corrected chi connectivity index (χ4v) is 2.56. The van der Waals surface area contributed by atoms with Gasteiger partial charge in [0.1, 0.15) is 11.6 Å². The molecule has 1 N–H and O–H groups in total. The molecule has 0 spiro atoms. The molecule has 1 aliphatic heterocycles. The molecule has 0 aromatic carbocycles. The molecule has 1 saturated heterocycles. The second-order valence-electron chi connectivity index (χ2n) is 4.79. The Bertz CT molecular complexity index is 666. The Hall–Kier alpha value is -2.44. The number of carboxylic acid groups (broad SMARTS) is 1. The van der Waals surface area contributed by atoms with Crippen LogP contribution >= 0.6 is 0 Å². The summed E-state index contributed by atoms with van der Waals surface area (Å²) in [5, 5.41) is 13.3. The third-order valence-electron chi connectivity index (χ3n) is 3.56. The number of nitrogens with zero attached hydrogens (tertiary/aromatic N) is 4. The predicted octanol–water partition coefficient (Wildman–Crippen LogP) is 0.809. The SMILES string of the molecule is O=C(O)C1CCCCN1C(=O)c1cnn2cccnc12. The van der Waals surface area contributed by atoms with Gasteiger partial charge in [0.15, 0.2) is 5.65 Å². The van der Waals surface area contributed by atoms with Crippen LogP contribution in [-0.2, 0) is 4.79 Å². The van der Waals surface area contributed by atoms with E-state index in [1.807, 2.05) is 0 Å². The lowest BCUT2D eigenvalue weighted by Gasteiger charge is -2.32. The van der Waals surface area contributed by atoms with E-state index in [0.29, 0.717) is 24.2 Å². The first-order valence-electron chi connectivity index (χ1n) is 6.50. The quantitative estimate of drug-likeness (QED) is 0.875. The van der Waals surface area contributed by atoms with Gasteiger partial charge in [-0.3, -0.25) is 4.79 Å². The molecule has 0 bridgehead atoms. The van der Waals surface area contributed by atoms with Crippen molar-refractivity contribution in [3.05, 3.63) is 30.2 Å². The van der Waals surface area contributed by atoms with Gasteiger partial charge in [-0.1, -0.05) is 0 Å². The number of likely N-dealkylation sites (tertiary alicyclic amines) is 1. The maximum absolute atomic E-state index is 12.6. The van der Waals surface area contributed by atoms with Crippen molar-refractivity contribution >= 4 is 17.5 Å².